The zero-order valence-corrected chi connectivity index (χ0v) is 6.49. The fourth-order valence-corrected chi connectivity index (χ4v) is 0.344. The molecule has 12 heavy (non-hydrogen) atoms. The summed E-state index contributed by atoms with van der Waals surface area (Å²) in [7, 11) is 1.22. The van der Waals surface area contributed by atoms with Gasteiger partial charge in [-0.3, -0.25) is 4.79 Å². The number of hydrogen-bond donors (Lipinski definition) is 0. The lowest BCUT2D eigenvalue weighted by Gasteiger charge is -2.01. The monoisotopic (exact) mass is 169 g/mol. The van der Waals surface area contributed by atoms with Crippen LogP contribution in [0.3, 0.4) is 0 Å². The Morgan fingerprint density at radius 1 is 1.58 bits per heavy atom. The van der Waals surface area contributed by atoms with Gasteiger partial charge in [0.1, 0.15) is 6.42 Å². The Morgan fingerprint density at radius 2 is 2.17 bits per heavy atom. The smallest absolute Gasteiger partial charge is 0.380 e. The van der Waals surface area contributed by atoms with Crippen LogP contribution in [-0.2, 0) is 19.1 Å². The summed E-state index contributed by atoms with van der Waals surface area (Å²) in [5.74, 6) is -2.17. The molecule has 64 valence electrons. The third-order valence-corrected chi connectivity index (χ3v) is 0.904. The summed E-state index contributed by atoms with van der Waals surface area (Å²) in [5.41, 5.74) is 0. The molecule has 0 aromatic carbocycles. The lowest BCUT2D eigenvalue weighted by molar-refractivity contribution is -0.158. The Balaban J connectivity index is 3.95. The molecule has 0 fully saturated rings. The highest BCUT2D eigenvalue weighted by Gasteiger charge is 2.13. The molecule has 0 amide bonds. The first-order valence-corrected chi connectivity index (χ1v) is 2.96. The lowest BCUT2D eigenvalue weighted by atomic mass is 10.5. The highest BCUT2D eigenvalue weighted by Crippen LogP contribution is 1.96. The number of methoxy groups -OCH3 is 1. The number of carbonyl (C=O) groups is 2. The fourth-order valence-electron chi connectivity index (χ4n) is 0.344. The van der Waals surface area contributed by atoms with E-state index in [0.29, 0.717) is 0 Å². The van der Waals surface area contributed by atoms with Gasteiger partial charge in [0.25, 0.3) is 0 Å². The fraction of sp³-hybridized carbons (Fsp3) is 0.286. The topological polar surface area (TPSA) is 76.4 Å². The van der Waals surface area contributed by atoms with Crippen molar-refractivity contribution in [3.8, 4) is 6.07 Å². The van der Waals surface area contributed by atoms with Gasteiger partial charge in [-0.15, -0.1) is 0 Å². The number of hydrogen-bond acceptors (Lipinski definition) is 5. The predicted octanol–water partition coefficient (Wildman–Crippen LogP) is 0.130. The van der Waals surface area contributed by atoms with Crippen LogP contribution in [0.4, 0.5) is 0 Å². The van der Waals surface area contributed by atoms with Crippen LogP contribution in [0, 0.1) is 11.3 Å². The summed E-state index contributed by atoms with van der Waals surface area (Å²) in [4.78, 5) is 21.2. The molecule has 0 N–H and O–H groups in total. The van der Waals surface area contributed by atoms with Gasteiger partial charge in [-0.1, -0.05) is 0 Å². The van der Waals surface area contributed by atoms with E-state index in [1.807, 2.05) is 0 Å². The van der Waals surface area contributed by atoms with Crippen molar-refractivity contribution in [3.05, 3.63) is 12.3 Å². The van der Waals surface area contributed by atoms with Crippen molar-refractivity contribution in [1.29, 1.82) is 5.26 Å². The number of rotatable bonds is 3. The summed E-state index contributed by atoms with van der Waals surface area (Å²) in [6, 6.07) is 1.53. The Hall–Kier alpha value is -1.83. The summed E-state index contributed by atoms with van der Waals surface area (Å²) in [6.45, 7) is 3.15. The van der Waals surface area contributed by atoms with Gasteiger partial charge in [0.15, 0.2) is 5.76 Å². The average molecular weight is 169 g/mol. The maximum Gasteiger partial charge on any atom is 0.380 e. The van der Waals surface area contributed by atoms with Crippen molar-refractivity contribution in [1.82, 2.24) is 0 Å². The van der Waals surface area contributed by atoms with Crippen molar-refractivity contribution in [2.75, 3.05) is 7.11 Å². The molecule has 0 saturated heterocycles. The van der Waals surface area contributed by atoms with E-state index in [1.165, 1.54) is 13.2 Å². The van der Waals surface area contributed by atoms with E-state index in [9.17, 15) is 9.59 Å². The molecule has 0 unspecified atom stereocenters. The molecule has 0 aromatic heterocycles. The average Bonchev–Trinajstić information content (AvgIpc) is 2.03. The molecule has 5 heteroatoms. The number of carbonyl (C=O) groups excluding carboxylic acids is 2. The van der Waals surface area contributed by atoms with Gasteiger partial charge in [-0.2, -0.15) is 5.26 Å². The molecule has 0 saturated carbocycles. The maximum atomic E-state index is 10.7. The molecule has 0 spiro atoms. The Labute approximate surface area is 69.2 Å². The van der Waals surface area contributed by atoms with Crippen LogP contribution in [0.1, 0.15) is 6.42 Å². The second-order valence-corrected chi connectivity index (χ2v) is 1.72. The van der Waals surface area contributed by atoms with E-state index in [4.69, 9.17) is 5.26 Å². The molecule has 5 nitrogen and oxygen atoms in total. The van der Waals surface area contributed by atoms with Crippen molar-refractivity contribution in [2.45, 2.75) is 6.42 Å². The van der Waals surface area contributed by atoms with Gasteiger partial charge < -0.3 is 9.47 Å². The van der Waals surface area contributed by atoms with Crippen molar-refractivity contribution >= 4 is 11.9 Å². The molecular weight excluding hydrogens is 162 g/mol. The second-order valence-electron chi connectivity index (χ2n) is 1.72. The molecule has 0 aliphatic rings. The van der Waals surface area contributed by atoms with Crippen molar-refractivity contribution < 1.29 is 19.1 Å². The third-order valence-electron chi connectivity index (χ3n) is 0.904. The molecule has 0 heterocycles. The third kappa shape index (κ3) is 3.37. The molecule has 0 rings (SSSR count). The first-order chi connectivity index (χ1) is 5.61. The van der Waals surface area contributed by atoms with E-state index in [0.717, 1.165) is 0 Å². The molecule has 0 atom stereocenters. The van der Waals surface area contributed by atoms with Crippen LogP contribution in [-0.4, -0.2) is 19.0 Å². The minimum atomic E-state index is -0.974. The lowest BCUT2D eigenvalue weighted by Crippen LogP contribution is -2.13. The Bertz CT molecular complexity index is 251. The minimum absolute atomic E-state index is 0.277. The molecule has 0 bridgehead atoms. The number of esters is 2. The van der Waals surface area contributed by atoms with Crippen molar-refractivity contribution in [3.63, 3.8) is 0 Å². The maximum absolute atomic E-state index is 10.7. The van der Waals surface area contributed by atoms with Gasteiger partial charge in [0.05, 0.1) is 13.2 Å². The van der Waals surface area contributed by atoms with Gasteiger partial charge in [0, 0.05) is 0 Å². The van der Waals surface area contributed by atoms with Crippen LogP contribution < -0.4 is 0 Å². The summed E-state index contributed by atoms with van der Waals surface area (Å²) < 4.78 is 8.51. The van der Waals surface area contributed by atoms with E-state index >= 15 is 0 Å². The zero-order chi connectivity index (χ0) is 9.56. The number of nitriles is 1. The van der Waals surface area contributed by atoms with Crippen LogP contribution in [0.15, 0.2) is 12.3 Å². The summed E-state index contributed by atoms with van der Waals surface area (Å²) >= 11 is 0. The first kappa shape index (κ1) is 10.2. The van der Waals surface area contributed by atoms with Crippen molar-refractivity contribution in [2.24, 2.45) is 0 Å². The molecule has 0 aliphatic carbocycles. The van der Waals surface area contributed by atoms with E-state index in [1.54, 1.807) is 0 Å². The quantitative estimate of drug-likeness (QED) is 0.260. The Morgan fingerprint density at radius 3 is 2.58 bits per heavy atom. The van der Waals surface area contributed by atoms with Gasteiger partial charge in [0.2, 0.25) is 0 Å². The first-order valence-electron chi connectivity index (χ1n) is 2.96. The Kier molecular flexibility index (Phi) is 4.16. The highest BCUT2D eigenvalue weighted by molar-refractivity contribution is 5.94. The van der Waals surface area contributed by atoms with Gasteiger partial charge >= 0.3 is 11.9 Å². The number of ether oxygens (including phenoxy) is 2. The predicted molar refractivity (Wildman–Crippen MR) is 37.5 cm³/mol. The van der Waals surface area contributed by atoms with Crippen LogP contribution in [0.25, 0.3) is 0 Å². The van der Waals surface area contributed by atoms with Crippen LogP contribution in [0.5, 0.6) is 0 Å². The van der Waals surface area contributed by atoms with Gasteiger partial charge in [-0.05, 0) is 6.58 Å². The molecule has 0 radical (unpaired) electrons. The standard InChI is InChI=1S/C7H7NO4/c1-5(11-2)7(10)12-6(9)3-4-8/h1,3H2,2H3. The van der Waals surface area contributed by atoms with E-state index < -0.39 is 18.4 Å². The largest absolute Gasteiger partial charge is 0.490 e. The summed E-state index contributed by atoms with van der Waals surface area (Å²) in [6.07, 6.45) is -0.470. The number of nitrogens with zero attached hydrogens (tertiary/aromatic N) is 1. The SMILES string of the molecule is C=C(OC)C(=O)OC(=O)CC#N. The normalized spacial score (nSPS) is 8.00. The molecule has 0 aliphatic heterocycles. The van der Waals surface area contributed by atoms with Crippen LogP contribution in [0.2, 0.25) is 0 Å². The molecule has 0 aromatic rings. The second kappa shape index (κ2) is 4.91. The minimum Gasteiger partial charge on any atom is -0.490 e. The van der Waals surface area contributed by atoms with E-state index in [2.05, 4.69) is 16.1 Å². The molecular formula is C7H7NO4. The van der Waals surface area contributed by atoms with Gasteiger partial charge in [-0.25, -0.2) is 4.79 Å². The van der Waals surface area contributed by atoms with Crippen LogP contribution >= 0.6 is 0 Å². The summed E-state index contributed by atoms with van der Waals surface area (Å²) in [5, 5.41) is 8.03. The highest BCUT2D eigenvalue weighted by atomic mass is 16.6. The zero-order valence-electron chi connectivity index (χ0n) is 6.49. The van der Waals surface area contributed by atoms with E-state index in [-0.39, 0.29) is 5.76 Å².